The fourth-order valence-electron chi connectivity index (χ4n) is 2.86. The van der Waals surface area contributed by atoms with Gasteiger partial charge in [0.15, 0.2) is 5.15 Å². The SMILES string of the molecule is CC(C)(C)OC(=O)N1CCC(CSc2nc3ccccc3nc2Cl)CC1. The largest absolute Gasteiger partial charge is 0.444 e. The summed E-state index contributed by atoms with van der Waals surface area (Å²) < 4.78 is 5.44. The standard InChI is InChI=1S/C19H24ClN3O2S/c1-19(2,3)25-18(24)23-10-8-13(9-11-23)12-26-17-16(20)21-14-6-4-5-7-15(14)22-17/h4-7,13H,8-12H2,1-3H3. The molecule has 26 heavy (non-hydrogen) atoms. The maximum atomic E-state index is 12.1. The third kappa shape index (κ3) is 5.01. The molecule has 0 aliphatic carbocycles. The number of fused-ring (bicyclic) bond motifs is 1. The zero-order chi connectivity index (χ0) is 18.7. The second-order valence-electron chi connectivity index (χ2n) is 7.53. The highest BCUT2D eigenvalue weighted by Gasteiger charge is 2.27. The molecule has 1 aromatic carbocycles. The zero-order valence-corrected chi connectivity index (χ0v) is 16.9. The minimum Gasteiger partial charge on any atom is -0.444 e. The lowest BCUT2D eigenvalue weighted by atomic mass is 9.99. The van der Waals surface area contributed by atoms with Crippen LogP contribution in [0.5, 0.6) is 0 Å². The number of rotatable bonds is 3. The number of thioether (sulfide) groups is 1. The molecule has 0 N–H and O–H groups in total. The summed E-state index contributed by atoms with van der Waals surface area (Å²) in [5.74, 6) is 1.46. The minimum absolute atomic E-state index is 0.216. The number of para-hydroxylation sites is 2. The van der Waals surface area contributed by atoms with Crippen LogP contribution in [0.2, 0.25) is 5.15 Å². The number of likely N-dealkylation sites (tertiary alicyclic amines) is 1. The molecule has 140 valence electrons. The molecule has 5 nitrogen and oxygen atoms in total. The number of carbonyl (C=O) groups is 1. The van der Waals surface area contributed by atoms with Crippen molar-refractivity contribution in [2.45, 2.75) is 44.2 Å². The Balaban J connectivity index is 1.53. The van der Waals surface area contributed by atoms with Gasteiger partial charge in [-0.3, -0.25) is 0 Å². The van der Waals surface area contributed by atoms with Crippen LogP contribution in [0.25, 0.3) is 11.0 Å². The molecule has 1 aliphatic heterocycles. The first kappa shape index (κ1) is 19.2. The Labute approximate surface area is 163 Å². The Hall–Kier alpha value is -1.53. The molecule has 1 fully saturated rings. The molecule has 0 spiro atoms. The molecule has 0 bridgehead atoms. The number of benzene rings is 1. The van der Waals surface area contributed by atoms with Crippen LogP contribution >= 0.6 is 23.4 Å². The van der Waals surface area contributed by atoms with Crippen LogP contribution in [-0.4, -0.2) is 45.4 Å². The van der Waals surface area contributed by atoms with Crippen molar-refractivity contribution < 1.29 is 9.53 Å². The monoisotopic (exact) mass is 393 g/mol. The summed E-state index contributed by atoms with van der Waals surface area (Å²) in [5.41, 5.74) is 1.22. The molecule has 1 aliphatic rings. The summed E-state index contributed by atoms with van der Waals surface area (Å²) in [6, 6.07) is 7.74. The van der Waals surface area contributed by atoms with Gasteiger partial charge < -0.3 is 9.64 Å². The van der Waals surface area contributed by atoms with Gasteiger partial charge in [0.25, 0.3) is 0 Å². The Morgan fingerprint density at radius 3 is 2.46 bits per heavy atom. The molecule has 3 rings (SSSR count). The van der Waals surface area contributed by atoms with E-state index >= 15 is 0 Å². The van der Waals surface area contributed by atoms with Gasteiger partial charge >= 0.3 is 6.09 Å². The van der Waals surface area contributed by atoms with E-state index in [4.69, 9.17) is 16.3 Å². The van der Waals surface area contributed by atoms with E-state index in [2.05, 4.69) is 9.97 Å². The molecular formula is C19H24ClN3O2S. The van der Waals surface area contributed by atoms with Gasteiger partial charge in [0, 0.05) is 18.8 Å². The molecule has 0 radical (unpaired) electrons. The van der Waals surface area contributed by atoms with E-state index in [0.29, 0.717) is 11.1 Å². The number of halogens is 1. The number of nitrogens with zero attached hydrogens (tertiary/aromatic N) is 3. The van der Waals surface area contributed by atoms with Crippen molar-refractivity contribution in [3.8, 4) is 0 Å². The minimum atomic E-state index is -0.449. The molecule has 0 unspecified atom stereocenters. The highest BCUT2D eigenvalue weighted by atomic mass is 35.5. The predicted octanol–water partition coefficient (Wildman–Crippen LogP) is 5.02. The van der Waals surface area contributed by atoms with Crippen molar-refractivity contribution in [2.24, 2.45) is 5.92 Å². The van der Waals surface area contributed by atoms with Gasteiger partial charge in [0.05, 0.1) is 11.0 Å². The van der Waals surface area contributed by atoms with Gasteiger partial charge in [-0.2, -0.15) is 0 Å². The summed E-state index contributed by atoms with van der Waals surface area (Å²) in [4.78, 5) is 23.0. The Morgan fingerprint density at radius 2 is 1.85 bits per heavy atom. The van der Waals surface area contributed by atoms with Crippen molar-refractivity contribution in [3.05, 3.63) is 29.4 Å². The lowest BCUT2D eigenvalue weighted by Crippen LogP contribution is -2.42. The average Bonchev–Trinajstić information content (AvgIpc) is 2.59. The first-order valence-electron chi connectivity index (χ1n) is 8.85. The Kier molecular flexibility index (Phi) is 5.92. The molecule has 7 heteroatoms. The summed E-state index contributed by atoms with van der Waals surface area (Å²) >= 11 is 7.93. The molecule has 0 atom stereocenters. The molecule has 1 aromatic heterocycles. The second kappa shape index (κ2) is 8.01. The lowest BCUT2D eigenvalue weighted by molar-refractivity contribution is 0.0191. The normalized spacial score (nSPS) is 16.1. The van der Waals surface area contributed by atoms with Crippen molar-refractivity contribution in [1.29, 1.82) is 0 Å². The molecule has 0 saturated carbocycles. The Bertz CT molecular complexity index is 786. The number of amides is 1. The average molecular weight is 394 g/mol. The van der Waals surface area contributed by atoms with Crippen molar-refractivity contribution in [3.63, 3.8) is 0 Å². The van der Waals surface area contributed by atoms with E-state index in [9.17, 15) is 4.79 Å². The van der Waals surface area contributed by atoms with E-state index in [1.165, 1.54) is 0 Å². The van der Waals surface area contributed by atoms with Crippen LogP contribution in [0.4, 0.5) is 4.79 Å². The zero-order valence-electron chi connectivity index (χ0n) is 15.4. The number of hydrogen-bond donors (Lipinski definition) is 0. The number of ether oxygens (including phenoxy) is 1. The van der Waals surface area contributed by atoms with Crippen LogP contribution in [-0.2, 0) is 4.74 Å². The number of hydrogen-bond acceptors (Lipinski definition) is 5. The van der Waals surface area contributed by atoms with Gasteiger partial charge in [-0.15, -0.1) is 11.8 Å². The molecular weight excluding hydrogens is 370 g/mol. The molecule has 2 heterocycles. The van der Waals surface area contributed by atoms with Crippen molar-refractivity contribution in [2.75, 3.05) is 18.8 Å². The van der Waals surface area contributed by atoms with Gasteiger partial charge in [-0.05, 0) is 51.7 Å². The van der Waals surface area contributed by atoms with Crippen LogP contribution in [0, 0.1) is 5.92 Å². The van der Waals surface area contributed by atoms with E-state index < -0.39 is 5.60 Å². The van der Waals surface area contributed by atoms with Gasteiger partial charge in [0.2, 0.25) is 0 Å². The quantitative estimate of drug-likeness (QED) is 0.685. The van der Waals surface area contributed by atoms with Crippen molar-refractivity contribution >= 4 is 40.5 Å². The number of piperidine rings is 1. The van der Waals surface area contributed by atoms with Crippen molar-refractivity contribution in [1.82, 2.24) is 14.9 Å². The maximum absolute atomic E-state index is 12.1. The third-order valence-corrected chi connectivity index (χ3v) is 5.79. The fraction of sp³-hybridized carbons (Fsp3) is 0.526. The predicted molar refractivity (Wildman–Crippen MR) is 106 cm³/mol. The van der Waals surface area contributed by atoms with Crippen LogP contribution in [0.15, 0.2) is 29.3 Å². The lowest BCUT2D eigenvalue weighted by Gasteiger charge is -2.33. The first-order valence-corrected chi connectivity index (χ1v) is 10.2. The maximum Gasteiger partial charge on any atom is 0.410 e. The summed E-state index contributed by atoms with van der Waals surface area (Å²) in [6.45, 7) is 7.14. The third-order valence-electron chi connectivity index (χ3n) is 4.22. The van der Waals surface area contributed by atoms with Crippen LogP contribution in [0.1, 0.15) is 33.6 Å². The van der Waals surface area contributed by atoms with Crippen LogP contribution < -0.4 is 0 Å². The molecule has 1 saturated heterocycles. The summed E-state index contributed by atoms with van der Waals surface area (Å²) in [7, 11) is 0. The number of aromatic nitrogens is 2. The molecule has 1 amide bonds. The Morgan fingerprint density at radius 1 is 1.23 bits per heavy atom. The highest BCUT2D eigenvalue weighted by Crippen LogP contribution is 2.30. The van der Waals surface area contributed by atoms with Gasteiger partial charge in [-0.25, -0.2) is 14.8 Å². The second-order valence-corrected chi connectivity index (χ2v) is 8.90. The van der Waals surface area contributed by atoms with E-state index in [0.717, 1.165) is 47.7 Å². The fourth-order valence-corrected chi connectivity index (χ4v) is 4.21. The van der Waals surface area contributed by atoms with E-state index in [1.54, 1.807) is 16.7 Å². The highest BCUT2D eigenvalue weighted by molar-refractivity contribution is 7.99. The van der Waals surface area contributed by atoms with Gasteiger partial charge in [-0.1, -0.05) is 23.7 Å². The first-order chi connectivity index (χ1) is 12.3. The summed E-state index contributed by atoms with van der Waals surface area (Å²) in [6.07, 6.45) is 1.71. The number of carbonyl (C=O) groups excluding carboxylic acids is 1. The van der Waals surface area contributed by atoms with E-state index in [-0.39, 0.29) is 6.09 Å². The summed E-state index contributed by atoms with van der Waals surface area (Å²) in [5, 5.41) is 1.24. The topological polar surface area (TPSA) is 55.3 Å². The van der Waals surface area contributed by atoms with Gasteiger partial charge in [0.1, 0.15) is 10.6 Å². The molecule has 2 aromatic rings. The smallest absolute Gasteiger partial charge is 0.410 e. The van der Waals surface area contributed by atoms with E-state index in [1.807, 2.05) is 45.0 Å². The van der Waals surface area contributed by atoms with Crippen LogP contribution in [0.3, 0.4) is 0 Å².